The van der Waals surface area contributed by atoms with Gasteiger partial charge >= 0.3 is 11.9 Å². The van der Waals surface area contributed by atoms with Gasteiger partial charge in [0.25, 0.3) is 0 Å². The summed E-state index contributed by atoms with van der Waals surface area (Å²) in [4.78, 5) is 23.1. The average Bonchev–Trinajstić information content (AvgIpc) is 2.47. The van der Waals surface area contributed by atoms with Crippen molar-refractivity contribution in [1.29, 1.82) is 0 Å². The minimum Gasteiger partial charge on any atom is -0.468 e. The van der Waals surface area contributed by atoms with Gasteiger partial charge in [-0.1, -0.05) is 49.1 Å². The highest BCUT2D eigenvalue weighted by Gasteiger charge is 2.25. The molecule has 1 aromatic rings. The number of hydrogen-bond donors (Lipinski definition) is 0. The third-order valence-corrected chi connectivity index (χ3v) is 2.56. The van der Waals surface area contributed by atoms with Crippen LogP contribution in [0.3, 0.4) is 0 Å². The van der Waals surface area contributed by atoms with E-state index in [9.17, 15) is 9.59 Å². The third kappa shape index (κ3) is 4.10. The van der Waals surface area contributed by atoms with Crippen molar-refractivity contribution < 1.29 is 19.1 Å². The van der Waals surface area contributed by atoms with Gasteiger partial charge in [0.05, 0.1) is 14.2 Å². The second kappa shape index (κ2) is 7.16. The molecule has 4 heteroatoms. The smallest absolute Gasteiger partial charge is 0.334 e. The van der Waals surface area contributed by atoms with Gasteiger partial charge in [-0.15, -0.1) is 0 Å². The van der Waals surface area contributed by atoms with E-state index >= 15 is 0 Å². The molecule has 0 bridgehead atoms. The summed E-state index contributed by atoms with van der Waals surface area (Å²) >= 11 is 0. The maximum atomic E-state index is 11.7. The minimum absolute atomic E-state index is 0.0431. The Bertz CT molecular complexity index is 488. The highest BCUT2D eigenvalue weighted by molar-refractivity contribution is 5.96. The first-order valence-corrected chi connectivity index (χ1v) is 5.68. The van der Waals surface area contributed by atoms with Crippen molar-refractivity contribution in [1.82, 2.24) is 0 Å². The molecule has 4 nitrogen and oxygen atoms in total. The van der Waals surface area contributed by atoms with E-state index in [1.807, 2.05) is 30.3 Å². The molecule has 0 aromatic heterocycles. The van der Waals surface area contributed by atoms with Gasteiger partial charge in [-0.05, 0) is 5.56 Å². The van der Waals surface area contributed by atoms with Gasteiger partial charge in [-0.3, -0.25) is 4.79 Å². The molecule has 0 amide bonds. The van der Waals surface area contributed by atoms with Gasteiger partial charge in [-0.25, -0.2) is 4.79 Å². The zero-order valence-electron chi connectivity index (χ0n) is 11.0. The van der Waals surface area contributed by atoms with Gasteiger partial charge < -0.3 is 9.47 Å². The Morgan fingerprint density at radius 3 is 2.32 bits per heavy atom. The van der Waals surface area contributed by atoms with Crippen molar-refractivity contribution in [3.8, 4) is 0 Å². The summed E-state index contributed by atoms with van der Waals surface area (Å²) < 4.78 is 9.22. The molecule has 0 aliphatic heterocycles. The van der Waals surface area contributed by atoms with Crippen molar-refractivity contribution in [3.05, 3.63) is 54.1 Å². The normalized spacial score (nSPS) is 11.9. The van der Waals surface area contributed by atoms with Crippen LogP contribution in [-0.2, 0) is 19.1 Å². The summed E-state index contributed by atoms with van der Waals surface area (Å²) in [6, 6.07) is 9.41. The number of carbonyl (C=O) groups is 2. The Morgan fingerprint density at radius 2 is 1.79 bits per heavy atom. The molecule has 0 radical (unpaired) electrons. The zero-order chi connectivity index (χ0) is 14.3. The fraction of sp³-hybridized carbons (Fsp3) is 0.200. The van der Waals surface area contributed by atoms with Crippen LogP contribution in [0.15, 0.2) is 48.6 Å². The molecule has 100 valence electrons. The lowest BCUT2D eigenvalue weighted by Crippen LogP contribution is -2.21. The van der Waals surface area contributed by atoms with Crippen molar-refractivity contribution >= 4 is 18.0 Å². The van der Waals surface area contributed by atoms with Crippen LogP contribution in [0.2, 0.25) is 0 Å². The Labute approximate surface area is 112 Å². The molecule has 1 atom stereocenters. The highest BCUT2D eigenvalue weighted by Crippen LogP contribution is 2.16. The van der Waals surface area contributed by atoms with E-state index in [0.717, 1.165) is 5.56 Å². The van der Waals surface area contributed by atoms with E-state index in [1.165, 1.54) is 14.2 Å². The van der Waals surface area contributed by atoms with Gasteiger partial charge in [-0.2, -0.15) is 0 Å². The van der Waals surface area contributed by atoms with Gasteiger partial charge in [0, 0.05) is 5.57 Å². The Hall–Kier alpha value is -2.36. The first kappa shape index (κ1) is 14.7. The Kier molecular flexibility index (Phi) is 5.54. The van der Waals surface area contributed by atoms with Crippen LogP contribution >= 0.6 is 0 Å². The molecule has 0 aliphatic rings. The monoisotopic (exact) mass is 260 g/mol. The third-order valence-electron chi connectivity index (χ3n) is 2.56. The van der Waals surface area contributed by atoms with Gasteiger partial charge in [0.15, 0.2) is 0 Å². The molecule has 0 N–H and O–H groups in total. The predicted octanol–water partition coefficient (Wildman–Crippen LogP) is 2.22. The van der Waals surface area contributed by atoms with Crippen LogP contribution in [-0.4, -0.2) is 26.2 Å². The fourth-order valence-electron chi connectivity index (χ4n) is 1.49. The average molecular weight is 260 g/mol. The molecular formula is C15H16O4. The van der Waals surface area contributed by atoms with Crippen molar-refractivity contribution in [3.63, 3.8) is 0 Å². The van der Waals surface area contributed by atoms with Crippen LogP contribution in [0.25, 0.3) is 6.08 Å². The first-order valence-electron chi connectivity index (χ1n) is 5.68. The lowest BCUT2D eigenvalue weighted by Gasteiger charge is -2.11. The topological polar surface area (TPSA) is 52.6 Å². The minimum atomic E-state index is -0.849. The summed E-state index contributed by atoms with van der Waals surface area (Å²) in [5, 5.41) is 0. The first-order chi connectivity index (χ1) is 9.10. The standard InChI is InChI=1S/C15H16O4/c1-11(14(16)18-2)13(15(17)19-3)10-9-12-7-5-4-6-8-12/h4-10,13H,1H2,2-3H3. The summed E-state index contributed by atoms with van der Waals surface area (Å²) in [6.07, 6.45) is 3.30. The molecule has 19 heavy (non-hydrogen) atoms. The van der Waals surface area contributed by atoms with Crippen molar-refractivity contribution in [2.24, 2.45) is 5.92 Å². The number of benzene rings is 1. The molecule has 1 unspecified atom stereocenters. The van der Waals surface area contributed by atoms with E-state index in [1.54, 1.807) is 12.2 Å². The molecule has 1 aromatic carbocycles. The summed E-state index contributed by atoms with van der Waals surface area (Å²) in [7, 11) is 2.50. The number of methoxy groups -OCH3 is 2. The second-order valence-electron chi connectivity index (χ2n) is 3.79. The summed E-state index contributed by atoms with van der Waals surface area (Å²) in [5.74, 6) is -2.03. The molecule has 1 rings (SSSR count). The SMILES string of the molecule is C=C(C(=O)OC)C(C=Cc1ccccc1)C(=O)OC. The maximum absolute atomic E-state index is 11.7. The zero-order valence-corrected chi connectivity index (χ0v) is 11.0. The van der Waals surface area contributed by atoms with Crippen LogP contribution in [0.5, 0.6) is 0 Å². The molecule has 0 spiro atoms. The molecule has 0 saturated carbocycles. The van der Waals surface area contributed by atoms with E-state index in [0.29, 0.717) is 0 Å². The maximum Gasteiger partial charge on any atom is 0.334 e. The van der Waals surface area contributed by atoms with Crippen molar-refractivity contribution in [2.45, 2.75) is 0 Å². The van der Waals surface area contributed by atoms with E-state index < -0.39 is 17.9 Å². The molecule has 0 saturated heterocycles. The number of carbonyl (C=O) groups excluding carboxylic acids is 2. The van der Waals surface area contributed by atoms with Crippen molar-refractivity contribution in [2.75, 3.05) is 14.2 Å². The van der Waals surface area contributed by atoms with Gasteiger partial charge in [0.1, 0.15) is 5.92 Å². The fourth-order valence-corrected chi connectivity index (χ4v) is 1.49. The number of hydrogen-bond acceptors (Lipinski definition) is 4. The Morgan fingerprint density at radius 1 is 1.16 bits per heavy atom. The summed E-state index contributed by atoms with van der Waals surface area (Å²) in [5.41, 5.74) is 0.954. The largest absolute Gasteiger partial charge is 0.468 e. The van der Waals surface area contributed by atoms with E-state index in [2.05, 4.69) is 16.1 Å². The summed E-state index contributed by atoms with van der Waals surface area (Å²) in [6.45, 7) is 3.58. The highest BCUT2D eigenvalue weighted by atomic mass is 16.5. The van der Waals surface area contributed by atoms with Crippen LogP contribution in [0, 0.1) is 5.92 Å². The quantitative estimate of drug-likeness (QED) is 0.601. The van der Waals surface area contributed by atoms with Crippen LogP contribution in [0.1, 0.15) is 5.56 Å². The van der Waals surface area contributed by atoms with Gasteiger partial charge in [0.2, 0.25) is 0 Å². The molecule has 0 aliphatic carbocycles. The van der Waals surface area contributed by atoms with Crippen LogP contribution in [0.4, 0.5) is 0 Å². The molecular weight excluding hydrogens is 244 g/mol. The Balaban J connectivity index is 2.93. The number of esters is 2. The molecule has 0 heterocycles. The second-order valence-corrected chi connectivity index (χ2v) is 3.79. The molecule has 0 fully saturated rings. The van der Waals surface area contributed by atoms with E-state index in [4.69, 9.17) is 0 Å². The predicted molar refractivity (Wildman–Crippen MR) is 72.1 cm³/mol. The van der Waals surface area contributed by atoms with Crippen LogP contribution < -0.4 is 0 Å². The number of rotatable bonds is 5. The number of ether oxygens (including phenoxy) is 2. The van der Waals surface area contributed by atoms with E-state index in [-0.39, 0.29) is 5.57 Å². The lowest BCUT2D eigenvalue weighted by atomic mass is 9.99. The lowest BCUT2D eigenvalue weighted by molar-refractivity contribution is -0.145.